The van der Waals surface area contributed by atoms with Gasteiger partial charge in [0.15, 0.2) is 0 Å². The number of hydrogen-bond donors (Lipinski definition) is 0. The first kappa shape index (κ1) is 7.22. The first-order valence-electron chi connectivity index (χ1n) is 2.84. The van der Waals surface area contributed by atoms with Crippen LogP contribution in [0.25, 0.3) is 5.57 Å². The van der Waals surface area contributed by atoms with E-state index in [2.05, 4.69) is 16.5 Å². The number of aromatic nitrogens is 2. The summed E-state index contributed by atoms with van der Waals surface area (Å²) in [7, 11) is 0. The van der Waals surface area contributed by atoms with Crippen LogP contribution in [0.1, 0.15) is 12.6 Å². The number of halogens is 1. The van der Waals surface area contributed by atoms with Crippen LogP contribution < -0.4 is 0 Å². The fourth-order valence-corrected chi connectivity index (χ4v) is 0.720. The molecule has 10 heavy (non-hydrogen) atoms. The molecular formula is C7H7ClN2. The van der Waals surface area contributed by atoms with Crippen molar-refractivity contribution >= 4 is 17.2 Å². The fourth-order valence-electron chi connectivity index (χ4n) is 0.573. The highest BCUT2D eigenvalue weighted by Gasteiger charge is 1.94. The lowest BCUT2D eigenvalue weighted by Crippen LogP contribution is -1.86. The molecule has 3 heteroatoms. The van der Waals surface area contributed by atoms with Crippen molar-refractivity contribution in [2.24, 2.45) is 0 Å². The summed E-state index contributed by atoms with van der Waals surface area (Å²) in [6.07, 6.45) is 1.61. The second-order valence-electron chi connectivity index (χ2n) is 1.99. The predicted octanol–water partition coefficient (Wildman–Crippen LogP) is 2.16. The monoisotopic (exact) mass is 154 g/mol. The second kappa shape index (κ2) is 2.80. The molecular weight excluding hydrogens is 148 g/mol. The summed E-state index contributed by atoms with van der Waals surface area (Å²) >= 11 is 5.53. The summed E-state index contributed by atoms with van der Waals surface area (Å²) in [5.74, 6) is 0. The lowest BCUT2D eigenvalue weighted by atomic mass is 10.2. The van der Waals surface area contributed by atoms with Crippen LogP contribution in [-0.4, -0.2) is 9.97 Å². The average Bonchev–Trinajstić information content (AvgIpc) is 1.88. The minimum absolute atomic E-state index is 0.264. The lowest BCUT2D eigenvalue weighted by molar-refractivity contribution is 1.14. The van der Waals surface area contributed by atoms with E-state index in [9.17, 15) is 0 Å². The zero-order valence-corrected chi connectivity index (χ0v) is 6.39. The molecule has 0 radical (unpaired) electrons. The van der Waals surface area contributed by atoms with Gasteiger partial charge in [-0.2, -0.15) is 0 Å². The Kier molecular flexibility index (Phi) is 2.02. The summed E-state index contributed by atoms with van der Waals surface area (Å²) < 4.78 is 0. The summed E-state index contributed by atoms with van der Waals surface area (Å²) in [6, 6.07) is 1.77. The Morgan fingerprint density at radius 3 is 2.80 bits per heavy atom. The van der Waals surface area contributed by atoms with E-state index in [1.54, 1.807) is 12.3 Å². The molecule has 0 bridgehead atoms. The quantitative estimate of drug-likeness (QED) is 0.580. The van der Waals surface area contributed by atoms with Crippen molar-refractivity contribution < 1.29 is 0 Å². The molecule has 1 rings (SSSR count). The molecule has 0 aliphatic heterocycles. The van der Waals surface area contributed by atoms with Gasteiger partial charge in [-0.1, -0.05) is 6.58 Å². The molecule has 0 fully saturated rings. The van der Waals surface area contributed by atoms with Gasteiger partial charge in [-0.05, 0) is 30.2 Å². The highest BCUT2D eigenvalue weighted by atomic mass is 35.5. The van der Waals surface area contributed by atoms with E-state index in [0.29, 0.717) is 0 Å². The van der Waals surface area contributed by atoms with Gasteiger partial charge in [0, 0.05) is 6.20 Å². The van der Waals surface area contributed by atoms with E-state index < -0.39 is 0 Å². The van der Waals surface area contributed by atoms with Gasteiger partial charge >= 0.3 is 0 Å². The molecule has 1 heterocycles. The Morgan fingerprint density at radius 2 is 2.40 bits per heavy atom. The highest BCUT2D eigenvalue weighted by molar-refractivity contribution is 6.28. The third-order valence-electron chi connectivity index (χ3n) is 1.06. The molecule has 0 N–H and O–H groups in total. The molecule has 0 aliphatic carbocycles. The molecule has 0 unspecified atom stereocenters. The topological polar surface area (TPSA) is 25.8 Å². The van der Waals surface area contributed by atoms with Gasteiger partial charge in [-0.25, -0.2) is 9.97 Å². The Balaban J connectivity index is 3.07. The van der Waals surface area contributed by atoms with Crippen molar-refractivity contribution in [3.05, 3.63) is 29.8 Å². The summed E-state index contributed by atoms with van der Waals surface area (Å²) in [4.78, 5) is 7.66. The molecule has 1 aromatic rings. The van der Waals surface area contributed by atoms with Crippen molar-refractivity contribution in [3.8, 4) is 0 Å². The van der Waals surface area contributed by atoms with Gasteiger partial charge in [0.25, 0.3) is 0 Å². The maximum atomic E-state index is 5.53. The number of rotatable bonds is 1. The molecule has 0 amide bonds. The zero-order chi connectivity index (χ0) is 7.56. The average molecular weight is 155 g/mol. The highest BCUT2D eigenvalue weighted by Crippen LogP contribution is 2.08. The van der Waals surface area contributed by atoms with Crippen molar-refractivity contribution in [1.82, 2.24) is 9.97 Å². The van der Waals surface area contributed by atoms with E-state index in [1.165, 1.54) is 0 Å². The fraction of sp³-hybridized carbons (Fsp3) is 0.143. The van der Waals surface area contributed by atoms with E-state index in [4.69, 9.17) is 11.6 Å². The Bertz CT molecular complexity index is 258. The van der Waals surface area contributed by atoms with Gasteiger partial charge in [0.05, 0.1) is 5.69 Å². The third kappa shape index (κ3) is 1.54. The van der Waals surface area contributed by atoms with E-state index in [1.807, 2.05) is 6.92 Å². The minimum atomic E-state index is 0.264. The third-order valence-corrected chi connectivity index (χ3v) is 1.25. The molecule has 0 saturated heterocycles. The van der Waals surface area contributed by atoms with Gasteiger partial charge in [-0.15, -0.1) is 0 Å². The van der Waals surface area contributed by atoms with Gasteiger partial charge in [0.2, 0.25) is 5.28 Å². The van der Waals surface area contributed by atoms with Crippen LogP contribution in [0.5, 0.6) is 0 Å². The molecule has 0 saturated carbocycles. The molecule has 0 spiro atoms. The zero-order valence-electron chi connectivity index (χ0n) is 5.63. The van der Waals surface area contributed by atoms with E-state index in [0.717, 1.165) is 11.3 Å². The SMILES string of the molecule is C=C(C)c1ccnc(Cl)n1. The van der Waals surface area contributed by atoms with Gasteiger partial charge in [-0.3, -0.25) is 0 Å². The van der Waals surface area contributed by atoms with Crippen LogP contribution >= 0.6 is 11.6 Å². The minimum Gasteiger partial charge on any atom is -0.226 e. The molecule has 0 aliphatic rings. The van der Waals surface area contributed by atoms with Crippen molar-refractivity contribution in [1.29, 1.82) is 0 Å². The predicted molar refractivity (Wildman–Crippen MR) is 41.8 cm³/mol. The maximum absolute atomic E-state index is 5.53. The van der Waals surface area contributed by atoms with Gasteiger partial charge in [0.1, 0.15) is 0 Å². The Labute approximate surface area is 64.6 Å². The second-order valence-corrected chi connectivity index (χ2v) is 2.33. The van der Waals surface area contributed by atoms with Crippen LogP contribution in [-0.2, 0) is 0 Å². The van der Waals surface area contributed by atoms with Crippen LogP contribution in [0, 0.1) is 0 Å². The summed E-state index contributed by atoms with van der Waals surface area (Å²) in [6.45, 7) is 5.59. The standard InChI is InChI=1S/C7H7ClN2/c1-5(2)6-3-4-9-7(8)10-6/h3-4H,1H2,2H3. The normalized spacial score (nSPS) is 9.40. The van der Waals surface area contributed by atoms with Crippen molar-refractivity contribution in [2.75, 3.05) is 0 Å². The maximum Gasteiger partial charge on any atom is 0.222 e. The summed E-state index contributed by atoms with van der Waals surface area (Å²) in [5.41, 5.74) is 1.68. The first-order valence-corrected chi connectivity index (χ1v) is 3.22. The largest absolute Gasteiger partial charge is 0.226 e. The number of hydrogen-bond acceptors (Lipinski definition) is 2. The van der Waals surface area contributed by atoms with Gasteiger partial charge < -0.3 is 0 Å². The molecule has 0 aromatic carbocycles. The van der Waals surface area contributed by atoms with Crippen LogP contribution in [0.3, 0.4) is 0 Å². The smallest absolute Gasteiger partial charge is 0.222 e. The van der Waals surface area contributed by atoms with Crippen molar-refractivity contribution in [2.45, 2.75) is 6.92 Å². The van der Waals surface area contributed by atoms with Crippen LogP contribution in [0.4, 0.5) is 0 Å². The van der Waals surface area contributed by atoms with E-state index in [-0.39, 0.29) is 5.28 Å². The molecule has 1 aromatic heterocycles. The molecule has 0 atom stereocenters. The lowest BCUT2D eigenvalue weighted by Gasteiger charge is -1.95. The van der Waals surface area contributed by atoms with Crippen LogP contribution in [0.15, 0.2) is 18.8 Å². The number of nitrogens with zero attached hydrogens (tertiary/aromatic N) is 2. The number of allylic oxidation sites excluding steroid dienone is 1. The summed E-state index contributed by atoms with van der Waals surface area (Å²) in [5, 5.41) is 0.264. The molecule has 2 nitrogen and oxygen atoms in total. The van der Waals surface area contributed by atoms with Crippen LogP contribution in [0.2, 0.25) is 5.28 Å². The Hall–Kier alpha value is -0.890. The Morgan fingerprint density at radius 1 is 1.70 bits per heavy atom. The van der Waals surface area contributed by atoms with Crippen molar-refractivity contribution in [3.63, 3.8) is 0 Å². The van der Waals surface area contributed by atoms with E-state index >= 15 is 0 Å². The molecule has 52 valence electrons. The first-order chi connectivity index (χ1) is 4.70.